The first kappa shape index (κ1) is 19.5. The van der Waals surface area contributed by atoms with Gasteiger partial charge in [-0.2, -0.15) is 0 Å². The summed E-state index contributed by atoms with van der Waals surface area (Å²) in [5, 5.41) is 0. The smallest absolute Gasteiger partial charge is 0.269 e. The first-order valence-electron chi connectivity index (χ1n) is 10.4. The molecule has 4 rings (SSSR count). The number of aryl methyl sites for hydroxylation is 2. The van der Waals surface area contributed by atoms with E-state index in [2.05, 4.69) is 44.9 Å². The molecule has 0 radical (unpaired) electrons. The Balaban J connectivity index is 1.17. The highest BCUT2D eigenvalue weighted by Crippen LogP contribution is 2.22. The summed E-state index contributed by atoms with van der Waals surface area (Å²) in [5.74, 6) is -0.422. The second-order valence-corrected chi connectivity index (χ2v) is 7.75. The molecule has 2 aromatic rings. The van der Waals surface area contributed by atoms with Gasteiger partial charge in [0.2, 0.25) is 5.91 Å². The Hall–Kier alpha value is -2.86. The van der Waals surface area contributed by atoms with Crippen LogP contribution in [0.5, 0.6) is 0 Å². The van der Waals surface area contributed by atoms with E-state index < -0.39 is 0 Å². The number of nitrogens with zero attached hydrogens (tertiary/aromatic N) is 2. The molecule has 0 unspecified atom stereocenters. The van der Waals surface area contributed by atoms with Gasteiger partial charge in [-0.05, 0) is 54.7 Å². The topological polar surface area (TPSA) is 64.7 Å². The number of fused-ring (bicyclic) bond motifs is 1. The molecule has 0 atom stereocenters. The summed E-state index contributed by atoms with van der Waals surface area (Å²) >= 11 is 0. The Labute approximate surface area is 171 Å². The van der Waals surface area contributed by atoms with Gasteiger partial charge >= 0.3 is 0 Å². The van der Waals surface area contributed by atoms with Gasteiger partial charge in [-0.1, -0.05) is 24.3 Å². The maximum atomic E-state index is 12.3. The predicted octanol–water partition coefficient (Wildman–Crippen LogP) is 2.15. The third-order valence-electron chi connectivity index (χ3n) is 5.82. The predicted molar refractivity (Wildman–Crippen MR) is 114 cm³/mol. The minimum Gasteiger partial charge on any atom is -0.369 e. The zero-order valence-electron chi connectivity index (χ0n) is 16.7. The van der Waals surface area contributed by atoms with Gasteiger partial charge in [-0.15, -0.1) is 0 Å². The monoisotopic (exact) mass is 392 g/mol. The number of anilines is 1. The second-order valence-electron chi connectivity index (χ2n) is 7.75. The molecule has 2 aliphatic rings. The molecular weight excluding hydrogens is 364 g/mol. The molecule has 6 heteroatoms. The summed E-state index contributed by atoms with van der Waals surface area (Å²) in [6.45, 7) is 4.48. The van der Waals surface area contributed by atoms with Crippen LogP contribution in [0, 0.1) is 0 Å². The number of carbonyl (C=O) groups excluding carboxylic acids is 2. The number of para-hydroxylation sites is 1. The normalized spacial score (nSPS) is 16.3. The number of nitrogens with one attached hydrogen (secondary N) is 2. The first-order valence-corrected chi connectivity index (χ1v) is 10.4. The summed E-state index contributed by atoms with van der Waals surface area (Å²) in [5.41, 5.74) is 9.52. The zero-order valence-corrected chi connectivity index (χ0v) is 16.7. The van der Waals surface area contributed by atoms with Gasteiger partial charge in [0.1, 0.15) is 0 Å². The number of piperazine rings is 1. The van der Waals surface area contributed by atoms with Crippen molar-refractivity contribution in [1.82, 2.24) is 15.8 Å². The van der Waals surface area contributed by atoms with E-state index in [1.54, 1.807) is 0 Å². The van der Waals surface area contributed by atoms with Crippen LogP contribution in [0.3, 0.4) is 0 Å². The molecule has 0 saturated carbocycles. The summed E-state index contributed by atoms with van der Waals surface area (Å²) < 4.78 is 0. The number of carbonyl (C=O) groups is 2. The van der Waals surface area contributed by atoms with Crippen LogP contribution >= 0.6 is 0 Å². The van der Waals surface area contributed by atoms with Crippen molar-refractivity contribution in [3.05, 3.63) is 65.2 Å². The van der Waals surface area contributed by atoms with E-state index in [4.69, 9.17) is 0 Å². The van der Waals surface area contributed by atoms with Gasteiger partial charge < -0.3 is 4.90 Å². The van der Waals surface area contributed by atoms with Crippen LogP contribution in [0.4, 0.5) is 5.69 Å². The van der Waals surface area contributed by atoms with E-state index in [0.717, 1.165) is 45.4 Å². The van der Waals surface area contributed by atoms with Crippen molar-refractivity contribution in [3.8, 4) is 0 Å². The summed E-state index contributed by atoms with van der Waals surface area (Å²) in [6, 6.07) is 16.2. The highest BCUT2D eigenvalue weighted by molar-refractivity contribution is 5.95. The van der Waals surface area contributed by atoms with Crippen molar-refractivity contribution in [2.75, 3.05) is 37.6 Å². The van der Waals surface area contributed by atoms with Crippen LogP contribution in [0.1, 0.15) is 34.3 Å². The highest BCUT2D eigenvalue weighted by Gasteiger charge is 2.18. The molecule has 2 N–H and O–H groups in total. The Morgan fingerprint density at radius 3 is 2.41 bits per heavy atom. The molecule has 0 spiro atoms. The summed E-state index contributed by atoms with van der Waals surface area (Å²) in [4.78, 5) is 29.1. The van der Waals surface area contributed by atoms with Crippen LogP contribution in [0.2, 0.25) is 0 Å². The Bertz CT molecular complexity index is 860. The van der Waals surface area contributed by atoms with Gasteiger partial charge in [0, 0.05) is 50.4 Å². The standard InChI is InChI=1S/C23H28N4O2/c28-22(24-25-23(29)20-10-9-18-5-4-6-19(18)17-20)11-12-26-13-15-27(16-14-26)21-7-2-1-3-8-21/h1-3,7-10,17H,4-6,11-16H2,(H,24,28)(H,25,29). The van der Waals surface area contributed by atoms with Gasteiger partial charge in [-0.3, -0.25) is 25.3 Å². The van der Waals surface area contributed by atoms with E-state index in [-0.39, 0.29) is 11.8 Å². The van der Waals surface area contributed by atoms with Crippen LogP contribution in [0.15, 0.2) is 48.5 Å². The number of rotatable bonds is 5. The number of amides is 2. The van der Waals surface area contributed by atoms with Crippen LogP contribution in [-0.2, 0) is 17.6 Å². The molecule has 1 fully saturated rings. The lowest BCUT2D eigenvalue weighted by molar-refractivity contribution is -0.122. The SMILES string of the molecule is O=C(CCN1CCN(c2ccccc2)CC1)NNC(=O)c1ccc2c(c1)CCC2. The molecular formula is C23H28N4O2. The van der Waals surface area contributed by atoms with E-state index >= 15 is 0 Å². The van der Waals surface area contributed by atoms with E-state index in [9.17, 15) is 9.59 Å². The molecule has 1 saturated heterocycles. The molecule has 2 aromatic carbocycles. The molecule has 1 heterocycles. The van der Waals surface area contributed by atoms with Crippen molar-refractivity contribution in [3.63, 3.8) is 0 Å². The highest BCUT2D eigenvalue weighted by atomic mass is 16.2. The third kappa shape index (κ3) is 4.95. The first-order chi connectivity index (χ1) is 14.2. The summed E-state index contributed by atoms with van der Waals surface area (Å²) in [6.07, 6.45) is 3.64. The van der Waals surface area contributed by atoms with Crippen molar-refractivity contribution >= 4 is 17.5 Å². The number of hydrazine groups is 1. The van der Waals surface area contributed by atoms with Crippen molar-refractivity contribution < 1.29 is 9.59 Å². The fourth-order valence-corrected chi connectivity index (χ4v) is 4.10. The van der Waals surface area contributed by atoms with Crippen molar-refractivity contribution in [1.29, 1.82) is 0 Å². The molecule has 0 aromatic heterocycles. The Morgan fingerprint density at radius 2 is 1.62 bits per heavy atom. The van der Waals surface area contributed by atoms with E-state index in [1.165, 1.54) is 16.8 Å². The molecule has 152 valence electrons. The van der Waals surface area contributed by atoms with Crippen molar-refractivity contribution in [2.45, 2.75) is 25.7 Å². The fraction of sp³-hybridized carbons (Fsp3) is 0.391. The Kier molecular flexibility index (Phi) is 6.10. The van der Waals surface area contributed by atoms with Crippen LogP contribution < -0.4 is 15.8 Å². The number of benzene rings is 2. The third-order valence-corrected chi connectivity index (χ3v) is 5.82. The quantitative estimate of drug-likeness (QED) is 0.766. The average Bonchev–Trinajstić information content (AvgIpc) is 3.25. The largest absolute Gasteiger partial charge is 0.369 e. The molecule has 0 bridgehead atoms. The van der Waals surface area contributed by atoms with Crippen molar-refractivity contribution in [2.24, 2.45) is 0 Å². The molecule has 6 nitrogen and oxygen atoms in total. The lowest BCUT2D eigenvalue weighted by atomic mass is 10.1. The lowest BCUT2D eigenvalue weighted by Crippen LogP contribution is -2.48. The van der Waals surface area contributed by atoms with Gasteiger partial charge in [0.25, 0.3) is 5.91 Å². The minimum absolute atomic E-state index is 0.162. The minimum atomic E-state index is -0.260. The van der Waals surface area contributed by atoms with E-state index in [1.807, 2.05) is 24.3 Å². The number of hydrogen-bond donors (Lipinski definition) is 2. The zero-order chi connectivity index (χ0) is 20.1. The molecule has 1 aliphatic carbocycles. The molecule has 29 heavy (non-hydrogen) atoms. The van der Waals surface area contributed by atoms with Gasteiger partial charge in [0.05, 0.1) is 0 Å². The van der Waals surface area contributed by atoms with Gasteiger partial charge in [-0.25, -0.2) is 0 Å². The second kappa shape index (κ2) is 9.09. The maximum absolute atomic E-state index is 12.3. The average molecular weight is 393 g/mol. The summed E-state index contributed by atoms with van der Waals surface area (Å²) in [7, 11) is 0. The van der Waals surface area contributed by atoms with Crippen LogP contribution in [-0.4, -0.2) is 49.4 Å². The molecule has 1 aliphatic heterocycles. The van der Waals surface area contributed by atoms with E-state index in [0.29, 0.717) is 18.5 Å². The Morgan fingerprint density at radius 1 is 0.862 bits per heavy atom. The molecule has 2 amide bonds. The fourth-order valence-electron chi connectivity index (χ4n) is 4.10. The van der Waals surface area contributed by atoms with Gasteiger partial charge in [0.15, 0.2) is 0 Å². The maximum Gasteiger partial charge on any atom is 0.269 e. The number of hydrogen-bond acceptors (Lipinski definition) is 4. The van der Waals surface area contributed by atoms with Crippen LogP contribution in [0.25, 0.3) is 0 Å². The lowest BCUT2D eigenvalue weighted by Gasteiger charge is -2.36.